The lowest BCUT2D eigenvalue weighted by molar-refractivity contribution is -0.147. The second kappa shape index (κ2) is 10.2. The van der Waals surface area contributed by atoms with Crippen LogP contribution in [0.4, 0.5) is 0 Å². The molecule has 3 saturated heterocycles. The highest BCUT2D eigenvalue weighted by Gasteiger charge is 2.31. The second-order valence-corrected chi connectivity index (χ2v) is 8.07. The Labute approximate surface area is 181 Å². The molecular formula is C21H29N5O5. The Morgan fingerprint density at radius 1 is 1.19 bits per heavy atom. The fourth-order valence-corrected chi connectivity index (χ4v) is 4.02. The molecule has 0 saturated carbocycles. The van der Waals surface area contributed by atoms with E-state index in [1.54, 1.807) is 0 Å². The van der Waals surface area contributed by atoms with Crippen LogP contribution < -0.4 is 5.48 Å². The number of nitrogens with zero attached hydrogens (tertiary/aromatic N) is 4. The van der Waals surface area contributed by atoms with Gasteiger partial charge in [0.25, 0.3) is 0 Å². The number of hydrogen-bond acceptors (Lipinski definition) is 8. The van der Waals surface area contributed by atoms with E-state index in [9.17, 15) is 9.59 Å². The summed E-state index contributed by atoms with van der Waals surface area (Å²) in [5.41, 5.74) is 5.30. The number of hydrogen-bond donors (Lipinski definition) is 2. The molecule has 0 radical (unpaired) electrons. The van der Waals surface area contributed by atoms with Crippen molar-refractivity contribution in [2.75, 3.05) is 59.0 Å². The number of carboxylic acids is 1. The number of carbonyl (C=O) groups is 2. The zero-order valence-corrected chi connectivity index (χ0v) is 17.5. The molecule has 0 aromatic heterocycles. The fraction of sp³-hybridized carbons (Fsp3) is 0.571. The Morgan fingerprint density at radius 3 is 2.68 bits per heavy atom. The second-order valence-electron chi connectivity index (χ2n) is 8.07. The van der Waals surface area contributed by atoms with Crippen molar-refractivity contribution >= 4 is 18.1 Å². The number of rotatable bonds is 7. The number of morpholine rings is 1. The minimum Gasteiger partial charge on any atom is -0.480 e. The first-order chi connectivity index (χ1) is 15.1. The van der Waals surface area contributed by atoms with E-state index >= 15 is 0 Å². The molecule has 3 fully saturated rings. The summed E-state index contributed by atoms with van der Waals surface area (Å²) < 4.78 is 5.33. The third-order valence-corrected chi connectivity index (χ3v) is 5.76. The molecule has 31 heavy (non-hydrogen) atoms. The van der Waals surface area contributed by atoms with E-state index in [1.165, 1.54) is 4.90 Å². The average Bonchev–Trinajstić information content (AvgIpc) is 3.23. The van der Waals surface area contributed by atoms with Gasteiger partial charge in [0.1, 0.15) is 6.54 Å². The van der Waals surface area contributed by atoms with Crippen LogP contribution in [0.2, 0.25) is 0 Å². The average molecular weight is 431 g/mol. The molecule has 0 spiro atoms. The van der Waals surface area contributed by atoms with Crippen LogP contribution in [0, 0.1) is 0 Å². The van der Waals surface area contributed by atoms with Gasteiger partial charge >= 0.3 is 5.97 Å². The van der Waals surface area contributed by atoms with Gasteiger partial charge in [-0.1, -0.05) is 24.3 Å². The summed E-state index contributed by atoms with van der Waals surface area (Å²) >= 11 is 0. The van der Waals surface area contributed by atoms with E-state index in [0.717, 1.165) is 43.9 Å². The number of ether oxygens (including phenoxy) is 1. The van der Waals surface area contributed by atoms with Crippen molar-refractivity contribution in [3.63, 3.8) is 0 Å². The SMILES string of the molecule is O=C(O)CN1CCN(CC2CC(c3ccc(C=NN4CCOCC4)cc3)NO2)CC1=O. The molecule has 10 heteroatoms. The first-order valence-electron chi connectivity index (χ1n) is 10.7. The number of aliphatic carboxylic acids is 1. The van der Waals surface area contributed by atoms with Crippen molar-refractivity contribution in [2.45, 2.75) is 18.6 Å². The number of carbonyl (C=O) groups excluding carboxylic acids is 1. The van der Waals surface area contributed by atoms with E-state index in [1.807, 2.05) is 16.1 Å². The van der Waals surface area contributed by atoms with Crippen molar-refractivity contribution in [2.24, 2.45) is 5.10 Å². The molecule has 4 rings (SSSR count). The number of hydrazone groups is 1. The molecule has 2 N–H and O–H groups in total. The summed E-state index contributed by atoms with van der Waals surface area (Å²) in [5.74, 6) is -1.13. The van der Waals surface area contributed by atoms with Gasteiger partial charge in [-0.25, -0.2) is 0 Å². The summed E-state index contributed by atoms with van der Waals surface area (Å²) in [4.78, 5) is 32.1. The minimum absolute atomic E-state index is 0.0219. The van der Waals surface area contributed by atoms with Gasteiger partial charge in [-0.2, -0.15) is 10.6 Å². The largest absolute Gasteiger partial charge is 0.480 e. The van der Waals surface area contributed by atoms with Crippen LogP contribution >= 0.6 is 0 Å². The Hall–Kier alpha value is -2.53. The third kappa shape index (κ3) is 6.01. The van der Waals surface area contributed by atoms with Gasteiger partial charge in [-0.05, 0) is 17.5 Å². The summed E-state index contributed by atoms with van der Waals surface area (Å²) in [6.45, 7) is 4.80. The molecule has 0 aliphatic carbocycles. The zero-order valence-electron chi connectivity index (χ0n) is 17.5. The molecule has 1 amide bonds. The first-order valence-corrected chi connectivity index (χ1v) is 10.7. The third-order valence-electron chi connectivity index (χ3n) is 5.76. The topological polar surface area (TPSA) is 107 Å². The predicted molar refractivity (Wildman–Crippen MR) is 112 cm³/mol. The van der Waals surface area contributed by atoms with E-state index in [2.05, 4.69) is 34.8 Å². The Kier molecular flexibility index (Phi) is 7.13. The normalized spacial score (nSPS) is 25.5. The van der Waals surface area contributed by atoms with E-state index in [0.29, 0.717) is 19.6 Å². The van der Waals surface area contributed by atoms with Crippen molar-refractivity contribution in [1.82, 2.24) is 20.3 Å². The standard InChI is InChI=1S/C21H29N5O5/c27-20-14-24(5-6-25(20)15-21(28)29)13-18-11-19(23-31-18)17-3-1-16(2-4-17)12-22-26-7-9-30-10-8-26/h1-4,12,18-19,23H,5-11,13-15H2,(H,28,29). The summed E-state index contributed by atoms with van der Waals surface area (Å²) in [7, 11) is 0. The van der Waals surface area contributed by atoms with Crippen LogP contribution in [-0.2, 0) is 19.2 Å². The highest BCUT2D eigenvalue weighted by atomic mass is 16.7. The minimum atomic E-state index is -0.980. The van der Waals surface area contributed by atoms with Gasteiger partial charge in [0, 0.05) is 19.6 Å². The number of piperazine rings is 1. The molecule has 10 nitrogen and oxygen atoms in total. The van der Waals surface area contributed by atoms with Gasteiger partial charge in [-0.3, -0.25) is 24.3 Å². The lowest BCUT2D eigenvalue weighted by Crippen LogP contribution is -2.53. The summed E-state index contributed by atoms with van der Waals surface area (Å²) in [6, 6.07) is 8.36. The zero-order chi connectivity index (χ0) is 21.6. The molecular weight excluding hydrogens is 402 g/mol. The highest BCUT2D eigenvalue weighted by molar-refractivity contribution is 5.83. The summed E-state index contributed by atoms with van der Waals surface area (Å²) in [6.07, 6.45) is 2.66. The van der Waals surface area contributed by atoms with Crippen LogP contribution in [0.1, 0.15) is 23.6 Å². The lowest BCUT2D eigenvalue weighted by atomic mass is 10.0. The fourth-order valence-electron chi connectivity index (χ4n) is 4.02. The predicted octanol–water partition coefficient (Wildman–Crippen LogP) is -0.0839. The Morgan fingerprint density at radius 2 is 1.97 bits per heavy atom. The van der Waals surface area contributed by atoms with Crippen molar-refractivity contribution < 1.29 is 24.3 Å². The smallest absolute Gasteiger partial charge is 0.323 e. The molecule has 3 aliphatic rings. The van der Waals surface area contributed by atoms with Crippen molar-refractivity contribution in [1.29, 1.82) is 0 Å². The van der Waals surface area contributed by atoms with E-state index in [4.69, 9.17) is 14.7 Å². The monoisotopic (exact) mass is 431 g/mol. The van der Waals surface area contributed by atoms with Gasteiger partial charge < -0.3 is 14.7 Å². The highest BCUT2D eigenvalue weighted by Crippen LogP contribution is 2.26. The van der Waals surface area contributed by atoms with Crippen LogP contribution in [-0.4, -0.2) is 103 Å². The molecule has 1 aromatic rings. The van der Waals surface area contributed by atoms with Crippen molar-refractivity contribution in [3.05, 3.63) is 35.4 Å². The Balaban J connectivity index is 1.24. The molecule has 2 unspecified atom stereocenters. The van der Waals surface area contributed by atoms with Gasteiger partial charge in [-0.15, -0.1) is 0 Å². The van der Waals surface area contributed by atoms with E-state index in [-0.39, 0.29) is 31.1 Å². The molecule has 3 aliphatic heterocycles. The number of nitrogens with one attached hydrogen (secondary N) is 1. The number of amides is 1. The van der Waals surface area contributed by atoms with Crippen LogP contribution in [0.5, 0.6) is 0 Å². The maximum Gasteiger partial charge on any atom is 0.323 e. The summed E-state index contributed by atoms with van der Waals surface area (Å²) in [5, 5.41) is 15.4. The van der Waals surface area contributed by atoms with Crippen LogP contribution in [0.15, 0.2) is 29.4 Å². The quantitative estimate of drug-likeness (QED) is 0.578. The van der Waals surface area contributed by atoms with E-state index < -0.39 is 5.97 Å². The molecule has 168 valence electrons. The first kappa shape index (κ1) is 21.7. The molecule has 2 atom stereocenters. The Bertz CT molecular complexity index is 796. The van der Waals surface area contributed by atoms with Crippen LogP contribution in [0.25, 0.3) is 0 Å². The van der Waals surface area contributed by atoms with Gasteiger partial charge in [0.2, 0.25) is 5.91 Å². The van der Waals surface area contributed by atoms with Crippen molar-refractivity contribution in [3.8, 4) is 0 Å². The number of carboxylic acid groups (broad SMARTS) is 1. The molecule has 3 heterocycles. The van der Waals surface area contributed by atoms with Gasteiger partial charge in [0.05, 0.1) is 51.2 Å². The maximum absolute atomic E-state index is 12.1. The molecule has 1 aromatic carbocycles. The van der Waals surface area contributed by atoms with Gasteiger partial charge in [0.15, 0.2) is 0 Å². The molecule has 0 bridgehead atoms. The lowest BCUT2D eigenvalue weighted by Gasteiger charge is -2.34. The number of hydroxylamine groups is 1. The number of benzene rings is 1. The van der Waals surface area contributed by atoms with Crippen LogP contribution in [0.3, 0.4) is 0 Å². The maximum atomic E-state index is 12.1.